The maximum absolute atomic E-state index is 12.5. The van der Waals surface area contributed by atoms with Gasteiger partial charge in [-0.2, -0.15) is 0 Å². The average molecular weight is 295 g/mol. The van der Waals surface area contributed by atoms with Crippen LogP contribution in [0.25, 0.3) is 22.5 Å². The Morgan fingerprint density at radius 3 is 2.55 bits per heavy atom. The van der Waals surface area contributed by atoms with E-state index in [1.807, 2.05) is 30.3 Å². The summed E-state index contributed by atoms with van der Waals surface area (Å²) in [5, 5.41) is 8.01. The van der Waals surface area contributed by atoms with E-state index in [0.717, 1.165) is 11.1 Å². The molecule has 2 N–H and O–H groups in total. The molecule has 3 aromatic rings. The van der Waals surface area contributed by atoms with Gasteiger partial charge in [0.1, 0.15) is 11.4 Å². The summed E-state index contributed by atoms with van der Waals surface area (Å²) in [4.78, 5) is 8.45. The lowest BCUT2D eigenvalue weighted by Crippen LogP contribution is -2.03. The van der Waals surface area contributed by atoms with Crippen LogP contribution in [0.3, 0.4) is 0 Å². The fourth-order valence-corrected chi connectivity index (χ4v) is 2.19. The highest BCUT2D eigenvalue weighted by Crippen LogP contribution is 2.28. The van der Waals surface area contributed by atoms with Gasteiger partial charge < -0.3 is 5.73 Å². The van der Waals surface area contributed by atoms with Gasteiger partial charge in [-0.1, -0.05) is 30.3 Å². The lowest BCUT2D eigenvalue weighted by molar-refractivity contribution is 0.492. The molecule has 0 bridgehead atoms. The minimum Gasteiger partial charge on any atom is -0.366 e. The first-order valence-corrected chi connectivity index (χ1v) is 6.85. The molecule has 2 heterocycles. The SMILES string of the molecule is Nc1nnc(-c2ccnc(CCF)c2)c(-c2ccccc2)n1. The minimum absolute atomic E-state index is 0.112. The third-order valence-electron chi connectivity index (χ3n) is 3.19. The number of alkyl halides is 1. The van der Waals surface area contributed by atoms with Crippen LogP contribution in [0.5, 0.6) is 0 Å². The van der Waals surface area contributed by atoms with Gasteiger partial charge in [0.2, 0.25) is 5.95 Å². The van der Waals surface area contributed by atoms with E-state index >= 15 is 0 Å². The summed E-state index contributed by atoms with van der Waals surface area (Å²) in [5.41, 5.74) is 9.26. The maximum Gasteiger partial charge on any atom is 0.240 e. The molecule has 3 rings (SSSR count). The molecule has 0 saturated heterocycles. The molecule has 0 aliphatic rings. The van der Waals surface area contributed by atoms with Crippen molar-refractivity contribution in [3.8, 4) is 22.5 Å². The number of anilines is 1. The first-order chi connectivity index (χ1) is 10.8. The molecule has 0 radical (unpaired) electrons. The molecule has 0 spiro atoms. The molecule has 6 heteroatoms. The molecule has 0 atom stereocenters. The molecule has 110 valence electrons. The van der Waals surface area contributed by atoms with E-state index in [0.29, 0.717) is 17.1 Å². The molecule has 0 aliphatic heterocycles. The number of hydrogen-bond acceptors (Lipinski definition) is 5. The van der Waals surface area contributed by atoms with Crippen LogP contribution in [0.4, 0.5) is 10.3 Å². The number of nitrogens with zero attached hydrogens (tertiary/aromatic N) is 4. The lowest BCUT2D eigenvalue weighted by Gasteiger charge is -2.08. The number of benzene rings is 1. The second-order valence-corrected chi connectivity index (χ2v) is 4.71. The smallest absolute Gasteiger partial charge is 0.240 e. The molecule has 5 nitrogen and oxygen atoms in total. The molecule has 0 fully saturated rings. The molecule has 1 aromatic carbocycles. The monoisotopic (exact) mass is 295 g/mol. The van der Waals surface area contributed by atoms with Crippen molar-refractivity contribution in [2.45, 2.75) is 6.42 Å². The molecule has 0 unspecified atom stereocenters. The van der Waals surface area contributed by atoms with E-state index in [2.05, 4.69) is 20.2 Å². The van der Waals surface area contributed by atoms with Gasteiger partial charge in [0, 0.05) is 29.4 Å². The van der Waals surface area contributed by atoms with Gasteiger partial charge in [-0.05, 0) is 12.1 Å². The van der Waals surface area contributed by atoms with Crippen molar-refractivity contribution >= 4 is 5.95 Å². The second kappa shape index (κ2) is 6.26. The van der Waals surface area contributed by atoms with E-state index in [4.69, 9.17) is 5.73 Å². The number of hydrogen-bond donors (Lipinski definition) is 1. The van der Waals surface area contributed by atoms with Crippen LogP contribution in [0, 0.1) is 0 Å². The van der Waals surface area contributed by atoms with Gasteiger partial charge in [-0.3, -0.25) is 9.37 Å². The number of pyridine rings is 1. The van der Waals surface area contributed by atoms with E-state index in [1.54, 1.807) is 18.3 Å². The molecule has 22 heavy (non-hydrogen) atoms. The van der Waals surface area contributed by atoms with E-state index in [-0.39, 0.29) is 12.4 Å². The maximum atomic E-state index is 12.5. The highest BCUT2D eigenvalue weighted by Gasteiger charge is 2.13. The van der Waals surface area contributed by atoms with Crippen molar-refractivity contribution in [1.29, 1.82) is 0 Å². The van der Waals surface area contributed by atoms with Crippen LogP contribution >= 0.6 is 0 Å². The fraction of sp³-hybridized carbons (Fsp3) is 0.125. The summed E-state index contributed by atoms with van der Waals surface area (Å²) < 4.78 is 12.5. The van der Waals surface area contributed by atoms with Crippen molar-refractivity contribution in [1.82, 2.24) is 20.2 Å². The summed E-state index contributed by atoms with van der Waals surface area (Å²) in [6, 6.07) is 13.2. The lowest BCUT2D eigenvalue weighted by atomic mass is 10.0. The average Bonchev–Trinajstić information content (AvgIpc) is 2.56. The Hall–Kier alpha value is -2.89. The highest BCUT2D eigenvalue weighted by atomic mass is 19.1. The van der Waals surface area contributed by atoms with Gasteiger partial charge >= 0.3 is 0 Å². The number of aryl methyl sites for hydroxylation is 1. The predicted molar refractivity (Wildman–Crippen MR) is 82.6 cm³/mol. The Kier molecular flexibility index (Phi) is 4.00. The van der Waals surface area contributed by atoms with Crippen molar-refractivity contribution in [3.63, 3.8) is 0 Å². The summed E-state index contributed by atoms with van der Waals surface area (Å²) in [7, 11) is 0. The first-order valence-electron chi connectivity index (χ1n) is 6.85. The zero-order chi connectivity index (χ0) is 15.4. The molecular formula is C16H14FN5. The zero-order valence-electron chi connectivity index (χ0n) is 11.8. The van der Waals surface area contributed by atoms with E-state index in [9.17, 15) is 4.39 Å². The molecule has 0 amide bonds. The Bertz CT molecular complexity index is 776. The Morgan fingerprint density at radius 1 is 0.955 bits per heavy atom. The Balaban J connectivity index is 2.13. The summed E-state index contributed by atoms with van der Waals surface area (Å²) in [5.74, 6) is 0.112. The number of nitrogen functional groups attached to an aromatic ring is 1. The van der Waals surface area contributed by atoms with Gasteiger partial charge in [-0.15, -0.1) is 10.2 Å². The standard InChI is InChI=1S/C16H14FN5/c17-8-6-13-10-12(7-9-19-13)15-14(20-16(18)22-21-15)11-4-2-1-3-5-11/h1-5,7,9-10H,6,8H2,(H2,18,20,22). The van der Waals surface area contributed by atoms with Crippen molar-refractivity contribution in [3.05, 3.63) is 54.4 Å². The van der Waals surface area contributed by atoms with Crippen LogP contribution in [0.15, 0.2) is 48.7 Å². The quantitative estimate of drug-likeness (QED) is 0.800. The largest absolute Gasteiger partial charge is 0.366 e. The van der Waals surface area contributed by atoms with Crippen LogP contribution < -0.4 is 5.73 Å². The minimum atomic E-state index is -0.451. The zero-order valence-corrected chi connectivity index (χ0v) is 11.8. The van der Waals surface area contributed by atoms with Crippen LogP contribution in [-0.4, -0.2) is 26.8 Å². The normalized spacial score (nSPS) is 10.6. The molecule has 0 aliphatic carbocycles. The van der Waals surface area contributed by atoms with E-state index in [1.165, 1.54) is 0 Å². The van der Waals surface area contributed by atoms with Gasteiger partial charge in [0.15, 0.2) is 0 Å². The molecular weight excluding hydrogens is 281 g/mol. The van der Waals surface area contributed by atoms with Gasteiger partial charge in [-0.25, -0.2) is 4.98 Å². The van der Waals surface area contributed by atoms with Gasteiger partial charge in [0.25, 0.3) is 0 Å². The third kappa shape index (κ3) is 2.90. The summed E-state index contributed by atoms with van der Waals surface area (Å²) >= 11 is 0. The van der Waals surface area contributed by atoms with Crippen molar-refractivity contribution in [2.24, 2.45) is 0 Å². The third-order valence-corrected chi connectivity index (χ3v) is 3.19. The van der Waals surface area contributed by atoms with Crippen LogP contribution in [0.1, 0.15) is 5.69 Å². The molecule has 2 aromatic heterocycles. The topological polar surface area (TPSA) is 77.6 Å². The van der Waals surface area contributed by atoms with Crippen molar-refractivity contribution in [2.75, 3.05) is 12.4 Å². The van der Waals surface area contributed by atoms with Gasteiger partial charge in [0.05, 0.1) is 6.67 Å². The van der Waals surface area contributed by atoms with Crippen LogP contribution in [-0.2, 0) is 6.42 Å². The number of aromatic nitrogens is 4. The molecule has 0 saturated carbocycles. The predicted octanol–water partition coefficient (Wildman–Crippen LogP) is 2.69. The fourth-order valence-electron chi connectivity index (χ4n) is 2.19. The van der Waals surface area contributed by atoms with E-state index < -0.39 is 6.67 Å². The Morgan fingerprint density at radius 2 is 1.77 bits per heavy atom. The summed E-state index contributed by atoms with van der Waals surface area (Å²) in [6.07, 6.45) is 1.90. The number of halogens is 1. The highest BCUT2D eigenvalue weighted by molar-refractivity contribution is 5.77. The van der Waals surface area contributed by atoms with Crippen LogP contribution in [0.2, 0.25) is 0 Å². The second-order valence-electron chi connectivity index (χ2n) is 4.71. The first kappa shape index (κ1) is 14.1. The number of nitrogens with two attached hydrogens (primary N) is 1. The number of rotatable bonds is 4. The van der Waals surface area contributed by atoms with Crippen molar-refractivity contribution < 1.29 is 4.39 Å². The Labute approximate surface area is 127 Å². The summed E-state index contributed by atoms with van der Waals surface area (Å²) in [6.45, 7) is -0.451.